The number of nitrogens with zero attached hydrogens (tertiary/aromatic N) is 4. The van der Waals surface area contributed by atoms with Crippen LogP contribution >= 0.6 is 43.6 Å². The quantitative estimate of drug-likeness (QED) is 0.453. The van der Waals surface area contributed by atoms with E-state index in [9.17, 15) is 0 Å². The van der Waals surface area contributed by atoms with Gasteiger partial charge in [-0.05, 0) is 58.4 Å². The molecule has 0 radical (unpaired) electrons. The fourth-order valence-corrected chi connectivity index (χ4v) is 4.20. The van der Waals surface area contributed by atoms with Crippen molar-refractivity contribution in [1.29, 1.82) is 0 Å². The molecule has 0 atom stereocenters. The van der Waals surface area contributed by atoms with Gasteiger partial charge in [-0.1, -0.05) is 27.7 Å². The van der Waals surface area contributed by atoms with E-state index in [4.69, 9.17) is 4.74 Å². The van der Waals surface area contributed by atoms with Crippen LogP contribution in [0.4, 0.5) is 0 Å². The van der Waals surface area contributed by atoms with Gasteiger partial charge >= 0.3 is 0 Å². The Bertz CT molecular complexity index is 638. The molecule has 0 saturated heterocycles. The van der Waals surface area contributed by atoms with Crippen LogP contribution in [0.5, 0.6) is 5.75 Å². The first-order valence-corrected chi connectivity index (χ1v) is 9.85. The van der Waals surface area contributed by atoms with Gasteiger partial charge in [0.25, 0.3) is 0 Å². The molecule has 2 aromatic rings. The van der Waals surface area contributed by atoms with E-state index in [1.165, 1.54) is 0 Å². The summed E-state index contributed by atoms with van der Waals surface area (Å²) in [6.07, 6.45) is 1.04. The van der Waals surface area contributed by atoms with Gasteiger partial charge in [-0.25, -0.2) is 4.68 Å². The van der Waals surface area contributed by atoms with Crippen LogP contribution in [-0.2, 0) is 13.6 Å². The van der Waals surface area contributed by atoms with E-state index in [0.717, 1.165) is 50.7 Å². The molecule has 126 valence electrons. The molecule has 1 heterocycles. The van der Waals surface area contributed by atoms with Crippen LogP contribution in [-0.4, -0.2) is 39.1 Å². The molecular weight excluding hydrogens is 446 g/mol. The molecule has 1 N–H and O–H groups in total. The topological polar surface area (TPSA) is 64.9 Å². The van der Waals surface area contributed by atoms with Crippen molar-refractivity contribution in [3.8, 4) is 5.75 Å². The zero-order valence-electron chi connectivity index (χ0n) is 13.1. The van der Waals surface area contributed by atoms with E-state index in [0.29, 0.717) is 6.61 Å². The van der Waals surface area contributed by atoms with E-state index in [1.807, 2.05) is 20.0 Å². The maximum atomic E-state index is 5.73. The number of benzene rings is 1. The number of rotatable bonds is 9. The van der Waals surface area contributed by atoms with Crippen LogP contribution in [0, 0.1) is 0 Å². The zero-order chi connectivity index (χ0) is 16.7. The third-order valence-corrected chi connectivity index (χ3v) is 5.14. The number of hydrogen-bond acceptors (Lipinski definition) is 6. The van der Waals surface area contributed by atoms with Crippen molar-refractivity contribution in [3.05, 3.63) is 26.6 Å². The van der Waals surface area contributed by atoms with Gasteiger partial charge in [0.05, 0.1) is 11.1 Å². The Kier molecular flexibility index (Phi) is 7.81. The molecule has 0 aliphatic rings. The molecule has 0 unspecified atom stereocenters. The zero-order valence-corrected chi connectivity index (χ0v) is 17.0. The molecule has 6 nitrogen and oxygen atoms in total. The van der Waals surface area contributed by atoms with Gasteiger partial charge in [0.15, 0.2) is 0 Å². The van der Waals surface area contributed by atoms with Crippen molar-refractivity contribution in [1.82, 2.24) is 25.5 Å². The minimum Gasteiger partial charge on any atom is -0.492 e. The van der Waals surface area contributed by atoms with E-state index in [1.54, 1.807) is 16.4 Å². The third-order valence-electron chi connectivity index (χ3n) is 3.00. The van der Waals surface area contributed by atoms with E-state index < -0.39 is 0 Å². The summed E-state index contributed by atoms with van der Waals surface area (Å²) >= 11 is 8.74. The van der Waals surface area contributed by atoms with Crippen LogP contribution < -0.4 is 10.1 Å². The van der Waals surface area contributed by atoms with Crippen molar-refractivity contribution >= 4 is 43.6 Å². The lowest BCUT2D eigenvalue weighted by molar-refractivity contribution is 0.333. The molecule has 0 saturated carbocycles. The van der Waals surface area contributed by atoms with Crippen LogP contribution in [0.1, 0.15) is 18.9 Å². The summed E-state index contributed by atoms with van der Waals surface area (Å²) in [6.45, 7) is 4.33. The molecule has 9 heteroatoms. The Morgan fingerprint density at radius 1 is 1.35 bits per heavy atom. The molecule has 23 heavy (non-hydrogen) atoms. The van der Waals surface area contributed by atoms with E-state index >= 15 is 0 Å². The molecule has 0 aliphatic carbocycles. The van der Waals surface area contributed by atoms with Crippen LogP contribution in [0.2, 0.25) is 0 Å². The second-order valence-corrected chi connectivity index (χ2v) is 7.60. The van der Waals surface area contributed by atoms with Crippen LogP contribution in [0.3, 0.4) is 0 Å². The van der Waals surface area contributed by atoms with Gasteiger partial charge in [0.1, 0.15) is 5.75 Å². The first-order chi connectivity index (χ1) is 11.1. The van der Waals surface area contributed by atoms with Crippen molar-refractivity contribution in [3.63, 3.8) is 0 Å². The summed E-state index contributed by atoms with van der Waals surface area (Å²) in [7, 11) is 1.85. The molecule has 2 rings (SSSR count). The molecule has 0 spiro atoms. The highest BCUT2D eigenvalue weighted by molar-refractivity contribution is 9.11. The van der Waals surface area contributed by atoms with Crippen molar-refractivity contribution in [2.45, 2.75) is 25.0 Å². The van der Waals surface area contributed by atoms with Crippen molar-refractivity contribution in [2.24, 2.45) is 7.05 Å². The first-order valence-electron chi connectivity index (χ1n) is 7.28. The SMILES string of the molecule is CCOc1c(Br)cc(Br)cc1CNCCCSc1nnnn1C. The second-order valence-electron chi connectivity index (χ2n) is 4.77. The average molecular weight is 465 g/mol. The second kappa shape index (κ2) is 9.61. The lowest BCUT2D eigenvalue weighted by atomic mass is 10.2. The average Bonchev–Trinajstić information content (AvgIpc) is 2.91. The molecule has 0 bridgehead atoms. The minimum absolute atomic E-state index is 0.648. The molecule has 0 aliphatic heterocycles. The Morgan fingerprint density at radius 3 is 2.87 bits per heavy atom. The fraction of sp³-hybridized carbons (Fsp3) is 0.500. The van der Waals surface area contributed by atoms with Crippen LogP contribution in [0.25, 0.3) is 0 Å². The largest absolute Gasteiger partial charge is 0.492 e. The standard InChI is InChI=1S/C14H19Br2N5OS/c1-3-22-13-10(7-11(15)8-12(13)16)9-17-5-4-6-23-14-18-19-20-21(14)2/h7-8,17H,3-6,9H2,1-2H3. The molecule has 0 amide bonds. The maximum absolute atomic E-state index is 5.73. The third kappa shape index (κ3) is 5.74. The first kappa shape index (κ1) is 18.7. The molecule has 1 aromatic heterocycles. The van der Waals surface area contributed by atoms with Gasteiger partial charge in [-0.2, -0.15) is 0 Å². The predicted octanol–water partition coefficient (Wildman–Crippen LogP) is 3.41. The number of hydrogen-bond donors (Lipinski definition) is 1. The lowest BCUT2D eigenvalue weighted by Crippen LogP contribution is -2.16. The monoisotopic (exact) mass is 463 g/mol. The Balaban J connectivity index is 1.76. The summed E-state index contributed by atoms with van der Waals surface area (Å²) in [5.74, 6) is 1.88. The van der Waals surface area contributed by atoms with Gasteiger partial charge in [-0.15, -0.1) is 5.10 Å². The van der Waals surface area contributed by atoms with E-state index in [-0.39, 0.29) is 0 Å². The van der Waals surface area contributed by atoms with Gasteiger partial charge in [0, 0.05) is 29.4 Å². The summed E-state index contributed by atoms with van der Waals surface area (Å²) in [5.41, 5.74) is 1.14. The highest BCUT2D eigenvalue weighted by Crippen LogP contribution is 2.32. The minimum atomic E-state index is 0.648. The lowest BCUT2D eigenvalue weighted by Gasteiger charge is -2.13. The van der Waals surface area contributed by atoms with E-state index in [2.05, 4.69) is 58.8 Å². The Morgan fingerprint density at radius 2 is 2.17 bits per heavy atom. The number of thioether (sulfide) groups is 1. The highest BCUT2D eigenvalue weighted by atomic mass is 79.9. The number of ether oxygens (including phenoxy) is 1. The number of aromatic nitrogens is 4. The molecule has 1 aromatic carbocycles. The van der Waals surface area contributed by atoms with Crippen LogP contribution in [0.15, 0.2) is 26.2 Å². The van der Waals surface area contributed by atoms with Crippen molar-refractivity contribution < 1.29 is 4.74 Å². The van der Waals surface area contributed by atoms with Gasteiger partial charge in [-0.3, -0.25) is 0 Å². The summed E-state index contributed by atoms with van der Waals surface area (Å²) in [6, 6.07) is 4.09. The van der Waals surface area contributed by atoms with Gasteiger partial charge < -0.3 is 10.1 Å². The number of tetrazole rings is 1. The number of aryl methyl sites for hydroxylation is 1. The summed E-state index contributed by atoms with van der Waals surface area (Å²) in [4.78, 5) is 0. The number of halogens is 2. The molecule has 0 fully saturated rings. The smallest absolute Gasteiger partial charge is 0.209 e. The summed E-state index contributed by atoms with van der Waals surface area (Å²) in [5, 5.41) is 15.7. The Labute approximate surface area is 157 Å². The van der Waals surface area contributed by atoms with Gasteiger partial charge in [0.2, 0.25) is 5.16 Å². The number of nitrogens with one attached hydrogen (secondary N) is 1. The summed E-state index contributed by atoms with van der Waals surface area (Å²) < 4.78 is 9.42. The van der Waals surface area contributed by atoms with Crippen molar-refractivity contribution in [2.75, 3.05) is 18.9 Å². The Hall–Kier alpha value is -0.640. The highest BCUT2D eigenvalue weighted by Gasteiger charge is 2.09. The predicted molar refractivity (Wildman–Crippen MR) is 98.9 cm³/mol. The normalized spacial score (nSPS) is 11.0. The maximum Gasteiger partial charge on any atom is 0.209 e. The molecular formula is C14H19Br2N5OS. The fourth-order valence-electron chi connectivity index (χ4n) is 1.98.